The van der Waals surface area contributed by atoms with E-state index in [0.717, 1.165) is 23.2 Å². The van der Waals surface area contributed by atoms with E-state index >= 15 is 0 Å². The van der Waals surface area contributed by atoms with Crippen LogP contribution in [0.5, 0.6) is 5.75 Å². The fourth-order valence-electron chi connectivity index (χ4n) is 2.43. The molecule has 0 saturated heterocycles. The van der Waals surface area contributed by atoms with Crippen molar-refractivity contribution in [2.24, 2.45) is 0 Å². The van der Waals surface area contributed by atoms with Crippen molar-refractivity contribution in [1.82, 2.24) is 9.55 Å². The molecule has 23 heavy (non-hydrogen) atoms. The van der Waals surface area contributed by atoms with E-state index < -0.39 is 0 Å². The SMILES string of the molecule is COc1ccc(-c2nc(Cl)c(C=O)n2Cc2ccccc2)cc1. The molecular formula is C18H15ClN2O2. The highest BCUT2D eigenvalue weighted by Crippen LogP contribution is 2.27. The fraction of sp³-hybridized carbons (Fsp3) is 0.111. The predicted octanol–water partition coefficient (Wildman–Crippen LogP) is 4.07. The molecule has 3 rings (SSSR count). The summed E-state index contributed by atoms with van der Waals surface area (Å²) in [6, 6.07) is 17.4. The normalized spacial score (nSPS) is 10.5. The minimum atomic E-state index is 0.210. The molecule has 0 spiro atoms. The highest BCUT2D eigenvalue weighted by molar-refractivity contribution is 6.31. The van der Waals surface area contributed by atoms with Crippen molar-refractivity contribution in [1.29, 1.82) is 0 Å². The number of benzene rings is 2. The van der Waals surface area contributed by atoms with Crippen LogP contribution in [0.4, 0.5) is 0 Å². The van der Waals surface area contributed by atoms with Gasteiger partial charge in [0.25, 0.3) is 0 Å². The van der Waals surface area contributed by atoms with Crippen LogP contribution in [0.3, 0.4) is 0 Å². The zero-order chi connectivity index (χ0) is 16.2. The molecule has 4 nitrogen and oxygen atoms in total. The Morgan fingerprint density at radius 3 is 2.43 bits per heavy atom. The molecule has 1 heterocycles. The summed E-state index contributed by atoms with van der Waals surface area (Å²) in [5.41, 5.74) is 2.32. The second kappa shape index (κ2) is 6.67. The van der Waals surface area contributed by atoms with Gasteiger partial charge < -0.3 is 9.30 Å². The molecule has 0 amide bonds. The van der Waals surface area contributed by atoms with Crippen LogP contribution in [0.15, 0.2) is 54.6 Å². The van der Waals surface area contributed by atoms with E-state index in [9.17, 15) is 4.79 Å². The van der Waals surface area contributed by atoms with Gasteiger partial charge in [-0.05, 0) is 29.8 Å². The lowest BCUT2D eigenvalue weighted by Gasteiger charge is -2.10. The third kappa shape index (κ3) is 3.12. The van der Waals surface area contributed by atoms with Crippen molar-refractivity contribution < 1.29 is 9.53 Å². The molecule has 1 aromatic heterocycles. The van der Waals surface area contributed by atoms with Gasteiger partial charge in [0, 0.05) is 12.1 Å². The Hall–Kier alpha value is -2.59. The Morgan fingerprint density at radius 1 is 1.13 bits per heavy atom. The Balaban J connectivity index is 2.07. The summed E-state index contributed by atoms with van der Waals surface area (Å²) in [5, 5.41) is 0.210. The molecule has 0 saturated carbocycles. The standard InChI is InChI=1S/C18H15ClN2O2/c1-23-15-9-7-14(8-10-15)18-20-17(19)16(12-22)21(18)11-13-5-3-2-4-6-13/h2-10,12H,11H2,1H3. The van der Waals surface area contributed by atoms with Crippen LogP contribution >= 0.6 is 11.6 Å². The summed E-state index contributed by atoms with van der Waals surface area (Å²) in [6.07, 6.45) is 0.741. The third-order valence-electron chi connectivity index (χ3n) is 3.61. The molecule has 0 N–H and O–H groups in total. The van der Waals surface area contributed by atoms with Gasteiger partial charge in [-0.3, -0.25) is 4.79 Å². The van der Waals surface area contributed by atoms with Crippen LogP contribution in [0.25, 0.3) is 11.4 Å². The topological polar surface area (TPSA) is 44.1 Å². The van der Waals surface area contributed by atoms with Crippen molar-refractivity contribution in [3.8, 4) is 17.1 Å². The predicted molar refractivity (Wildman–Crippen MR) is 90.2 cm³/mol. The monoisotopic (exact) mass is 326 g/mol. The number of aromatic nitrogens is 2. The van der Waals surface area contributed by atoms with E-state index in [4.69, 9.17) is 16.3 Å². The maximum Gasteiger partial charge on any atom is 0.169 e. The minimum Gasteiger partial charge on any atom is -0.497 e. The molecule has 0 unspecified atom stereocenters. The molecule has 0 atom stereocenters. The minimum absolute atomic E-state index is 0.210. The number of nitrogens with zero attached hydrogens (tertiary/aromatic N) is 2. The van der Waals surface area contributed by atoms with Gasteiger partial charge in [-0.1, -0.05) is 41.9 Å². The van der Waals surface area contributed by atoms with Gasteiger partial charge in [0.15, 0.2) is 11.4 Å². The first-order valence-corrected chi connectivity index (χ1v) is 7.50. The van der Waals surface area contributed by atoms with Crippen molar-refractivity contribution in [2.75, 3.05) is 7.11 Å². The molecule has 0 aliphatic carbocycles. The van der Waals surface area contributed by atoms with E-state index in [0.29, 0.717) is 18.1 Å². The maximum atomic E-state index is 11.4. The summed E-state index contributed by atoms with van der Waals surface area (Å²) in [7, 11) is 1.62. The first kappa shape index (κ1) is 15.3. The number of aldehydes is 1. The zero-order valence-electron chi connectivity index (χ0n) is 12.6. The maximum absolute atomic E-state index is 11.4. The third-order valence-corrected chi connectivity index (χ3v) is 3.88. The van der Waals surface area contributed by atoms with Crippen LogP contribution < -0.4 is 4.74 Å². The molecule has 0 aliphatic heterocycles. The van der Waals surface area contributed by atoms with Gasteiger partial charge in [0.1, 0.15) is 17.3 Å². The number of ether oxygens (including phenoxy) is 1. The lowest BCUT2D eigenvalue weighted by atomic mass is 10.2. The largest absolute Gasteiger partial charge is 0.497 e. The summed E-state index contributed by atoms with van der Waals surface area (Å²) < 4.78 is 7.00. The average molecular weight is 327 g/mol. The smallest absolute Gasteiger partial charge is 0.169 e. The summed E-state index contributed by atoms with van der Waals surface area (Å²) in [6.45, 7) is 0.524. The second-order valence-electron chi connectivity index (χ2n) is 5.03. The van der Waals surface area contributed by atoms with E-state index in [1.165, 1.54) is 0 Å². The second-order valence-corrected chi connectivity index (χ2v) is 5.39. The van der Waals surface area contributed by atoms with Crippen LogP contribution in [0.1, 0.15) is 16.1 Å². The quantitative estimate of drug-likeness (QED) is 0.664. The van der Waals surface area contributed by atoms with Crippen LogP contribution in [-0.2, 0) is 6.54 Å². The first-order valence-electron chi connectivity index (χ1n) is 7.12. The highest BCUT2D eigenvalue weighted by atomic mass is 35.5. The van der Waals surface area contributed by atoms with E-state index in [1.54, 1.807) is 7.11 Å². The molecule has 0 bridgehead atoms. The number of rotatable bonds is 5. The Morgan fingerprint density at radius 2 is 1.83 bits per heavy atom. The first-order chi connectivity index (χ1) is 11.2. The number of hydrogen-bond acceptors (Lipinski definition) is 3. The van der Waals surface area contributed by atoms with Crippen molar-refractivity contribution in [3.63, 3.8) is 0 Å². The summed E-state index contributed by atoms with van der Waals surface area (Å²) >= 11 is 6.14. The van der Waals surface area contributed by atoms with Gasteiger partial charge in [0.05, 0.1) is 7.11 Å². The van der Waals surface area contributed by atoms with Gasteiger partial charge in [-0.25, -0.2) is 4.98 Å². The van der Waals surface area contributed by atoms with E-state index in [2.05, 4.69) is 4.98 Å². The van der Waals surface area contributed by atoms with Crippen molar-refractivity contribution >= 4 is 17.9 Å². The van der Waals surface area contributed by atoms with Crippen LogP contribution in [0.2, 0.25) is 5.15 Å². The van der Waals surface area contributed by atoms with Gasteiger partial charge in [-0.15, -0.1) is 0 Å². The van der Waals surface area contributed by atoms with E-state index in [-0.39, 0.29) is 5.15 Å². The van der Waals surface area contributed by atoms with E-state index in [1.807, 2.05) is 59.2 Å². The number of methoxy groups -OCH3 is 1. The lowest BCUT2D eigenvalue weighted by Crippen LogP contribution is -2.06. The van der Waals surface area contributed by atoms with Gasteiger partial charge in [0.2, 0.25) is 0 Å². The molecule has 0 fully saturated rings. The number of carbonyl (C=O) groups is 1. The van der Waals surface area contributed by atoms with Crippen molar-refractivity contribution in [3.05, 3.63) is 71.0 Å². The zero-order valence-corrected chi connectivity index (χ0v) is 13.3. The lowest BCUT2D eigenvalue weighted by molar-refractivity contribution is 0.111. The number of carbonyl (C=O) groups excluding carboxylic acids is 1. The Kier molecular flexibility index (Phi) is 4.44. The molecular weight excluding hydrogens is 312 g/mol. The van der Waals surface area contributed by atoms with Gasteiger partial charge >= 0.3 is 0 Å². The Labute approximate surface area is 139 Å². The molecule has 0 aliphatic rings. The number of hydrogen-bond donors (Lipinski definition) is 0. The molecule has 0 radical (unpaired) electrons. The van der Waals surface area contributed by atoms with Crippen LogP contribution in [-0.4, -0.2) is 22.9 Å². The summed E-state index contributed by atoms with van der Waals surface area (Å²) in [4.78, 5) is 15.8. The summed E-state index contributed by atoms with van der Waals surface area (Å²) in [5.74, 6) is 1.42. The fourth-order valence-corrected chi connectivity index (χ4v) is 2.66. The van der Waals surface area contributed by atoms with Crippen molar-refractivity contribution in [2.45, 2.75) is 6.54 Å². The van der Waals surface area contributed by atoms with Gasteiger partial charge in [-0.2, -0.15) is 0 Å². The molecule has 116 valence electrons. The van der Waals surface area contributed by atoms with Crippen LogP contribution in [0, 0.1) is 0 Å². The number of halogens is 1. The Bertz CT molecular complexity index is 811. The molecule has 2 aromatic carbocycles. The number of imidazole rings is 1. The highest BCUT2D eigenvalue weighted by Gasteiger charge is 2.17. The molecule has 3 aromatic rings. The molecule has 5 heteroatoms. The average Bonchev–Trinajstić information content (AvgIpc) is 2.91.